The van der Waals surface area contributed by atoms with Crippen molar-refractivity contribution in [2.75, 3.05) is 19.7 Å². The summed E-state index contributed by atoms with van der Waals surface area (Å²) in [5.74, 6) is 0.712. The van der Waals surface area contributed by atoms with Gasteiger partial charge in [-0.3, -0.25) is 0 Å². The van der Waals surface area contributed by atoms with Crippen molar-refractivity contribution >= 4 is 17.3 Å². The van der Waals surface area contributed by atoms with Crippen LogP contribution in [0.25, 0.3) is 0 Å². The van der Waals surface area contributed by atoms with Crippen LogP contribution in [0.2, 0.25) is 0 Å². The molecule has 1 heterocycles. The summed E-state index contributed by atoms with van der Waals surface area (Å²) in [5, 5.41) is 15.8. The molecule has 0 aliphatic heterocycles. The smallest absolute Gasteiger partial charge is 0.191 e. The lowest BCUT2D eigenvalue weighted by atomic mass is 10.6. The number of guanidine groups is 1. The molecule has 1 aromatic rings. The Bertz CT molecular complexity index is 337. The molecule has 0 radical (unpaired) electrons. The third-order valence-corrected chi connectivity index (χ3v) is 2.69. The van der Waals surface area contributed by atoms with E-state index in [1.165, 1.54) is 4.88 Å². The summed E-state index contributed by atoms with van der Waals surface area (Å²) in [6.45, 7) is 6.00. The molecule has 0 fully saturated rings. The predicted molar refractivity (Wildman–Crippen MR) is 66.8 cm³/mol. The highest BCUT2D eigenvalue weighted by molar-refractivity contribution is 7.11. The first-order valence-electron chi connectivity index (χ1n) is 5.30. The van der Waals surface area contributed by atoms with Gasteiger partial charge in [-0.25, -0.2) is 9.98 Å². The summed E-state index contributed by atoms with van der Waals surface area (Å²) in [7, 11) is 0. The van der Waals surface area contributed by atoms with Crippen LogP contribution in [-0.2, 0) is 6.54 Å². The third-order valence-electron chi connectivity index (χ3n) is 1.79. The first kappa shape index (κ1) is 12.9. The minimum atomic E-state index is 0.0980. The topological polar surface area (TPSA) is 69.5 Å². The van der Waals surface area contributed by atoms with Gasteiger partial charge in [-0.15, -0.1) is 11.3 Å². The molecule has 0 aromatic carbocycles. The summed E-state index contributed by atoms with van der Waals surface area (Å²) < 4.78 is 0. The molecule has 3 N–H and O–H groups in total. The molecular weight excluding hydrogens is 224 g/mol. The second-order valence-electron chi connectivity index (χ2n) is 3.21. The van der Waals surface area contributed by atoms with Gasteiger partial charge in [-0.1, -0.05) is 0 Å². The van der Waals surface area contributed by atoms with Crippen molar-refractivity contribution in [2.24, 2.45) is 4.99 Å². The second kappa shape index (κ2) is 7.19. The number of aryl methyl sites for hydroxylation is 1. The summed E-state index contributed by atoms with van der Waals surface area (Å²) >= 11 is 1.65. The van der Waals surface area contributed by atoms with E-state index in [-0.39, 0.29) is 6.61 Å². The predicted octanol–water partition coefficient (Wildman–Crippen LogP) is 0.499. The van der Waals surface area contributed by atoms with Crippen molar-refractivity contribution in [1.82, 2.24) is 15.6 Å². The van der Waals surface area contributed by atoms with Crippen molar-refractivity contribution in [3.63, 3.8) is 0 Å². The number of thiazole rings is 1. The van der Waals surface area contributed by atoms with Crippen LogP contribution in [0.15, 0.2) is 11.2 Å². The molecule has 0 saturated heterocycles. The molecule has 5 nitrogen and oxygen atoms in total. The largest absolute Gasteiger partial charge is 0.395 e. The fourth-order valence-corrected chi connectivity index (χ4v) is 1.85. The van der Waals surface area contributed by atoms with Crippen LogP contribution in [0, 0.1) is 6.92 Å². The Morgan fingerprint density at radius 3 is 2.94 bits per heavy atom. The van der Waals surface area contributed by atoms with Crippen LogP contribution in [0.5, 0.6) is 0 Å². The van der Waals surface area contributed by atoms with E-state index in [2.05, 4.69) is 20.6 Å². The van der Waals surface area contributed by atoms with Gasteiger partial charge in [-0.05, 0) is 13.8 Å². The van der Waals surface area contributed by atoms with Crippen molar-refractivity contribution in [3.05, 3.63) is 16.1 Å². The molecule has 90 valence electrons. The highest BCUT2D eigenvalue weighted by Gasteiger charge is 1.99. The molecule has 0 spiro atoms. The van der Waals surface area contributed by atoms with Crippen molar-refractivity contribution in [2.45, 2.75) is 20.4 Å². The van der Waals surface area contributed by atoms with Crippen molar-refractivity contribution in [1.29, 1.82) is 0 Å². The lowest BCUT2D eigenvalue weighted by molar-refractivity contribution is 0.300. The molecule has 0 saturated carbocycles. The van der Waals surface area contributed by atoms with Gasteiger partial charge in [0.25, 0.3) is 0 Å². The van der Waals surface area contributed by atoms with Gasteiger partial charge in [-0.2, -0.15) is 0 Å². The Hall–Kier alpha value is -1.14. The number of aliphatic hydroxyl groups excluding tert-OH is 1. The van der Waals surface area contributed by atoms with E-state index in [9.17, 15) is 0 Å². The quantitative estimate of drug-likeness (QED) is 0.519. The second-order valence-corrected chi connectivity index (χ2v) is 4.53. The lowest BCUT2D eigenvalue weighted by Crippen LogP contribution is -2.38. The Morgan fingerprint density at radius 2 is 2.38 bits per heavy atom. The average molecular weight is 242 g/mol. The molecule has 0 aliphatic rings. The van der Waals surface area contributed by atoms with Gasteiger partial charge in [0.15, 0.2) is 5.96 Å². The van der Waals surface area contributed by atoms with Crippen LogP contribution < -0.4 is 10.6 Å². The van der Waals surface area contributed by atoms with Gasteiger partial charge < -0.3 is 15.7 Å². The van der Waals surface area contributed by atoms with Crippen LogP contribution in [0.3, 0.4) is 0 Å². The minimum Gasteiger partial charge on any atom is -0.395 e. The monoisotopic (exact) mass is 242 g/mol. The van der Waals surface area contributed by atoms with Crippen LogP contribution in [-0.4, -0.2) is 35.7 Å². The number of nitrogens with one attached hydrogen (secondary N) is 2. The maximum Gasteiger partial charge on any atom is 0.191 e. The van der Waals surface area contributed by atoms with E-state index in [1.807, 2.05) is 20.0 Å². The molecular formula is C10H18N4OS. The van der Waals surface area contributed by atoms with E-state index in [0.29, 0.717) is 19.0 Å². The molecule has 16 heavy (non-hydrogen) atoms. The summed E-state index contributed by atoms with van der Waals surface area (Å²) in [4.78, 5) is 9.79. The van der Waals surface area contributed by atoms with Crippen LogP contribution >= 0.6 is 11.3 Å². The van der Waals surface area contributed by atoms with E-state index in [0.717, 1.165) is 11.6 Å². The Morgan fingerprint density at radius 1 is 1.56 bits per heavy atom. The Kier molecular flexibility index (Phi) is 5.81. The lowest BCUT2D eigenvalue weighted by Gasteiger charge is -2.09. The number of hydrogen-bond acceptors (Lipinski definition) is 4. The van der Waals surface area contributed by atoms with E-state index >= 15 is 0 Å². The SMILES string of the molecule is CCNC(=NCc1ncc(C)s1)NCCO. The summed E-state index contributed by atoms with van der Waals surface area (Å²) in [6, 6.07) is 0. The molecule has 0 unspecified atom stereocenters. The average Bonchev–Trinajstić information content (AvgIpc) is 2.68. The number of nitrogens with zero attached hydrogens (tertiary/aromatic N) is 2. The maximum atomic E-state index is 8.72. The molecule has 6 heteroatoms. The number of aliphatic hydroxyl groups is 1. The maximum absolute atomic E-state index is 8.72. The van der Waals surface area contributed by atoms with Gasteiger partial charge in [0.05, 0.1) is 13.2 Å². The fourth-order valence-electron chi connectivity index (χ4n) is 1.14. The number of rotatable bonds is 5. The zero-order chi connectivity index (χ0) is 11.8. The highest BCUT2D eigenvalue weighted by atomic mass is 32.1. The first-order chi connectivity index (χ1) is 7.76. The van der Waals surface area contributed by atoms with E-state index < -0.39 is 0 Å². The van der Waals surface area contributed by atoms with Crippen LogP contribution in [0.4, 0.5) is 0 Å². The Labute approximate surface area is 99.6 Å². The highest BCUT2D eigenvalue weighted by Crippen LogP contribution is 2.11. The first-order valence-corrected chi connectivity index (χ1v) is 6.12. The zero-order valence-electron chi connectivity index (χ0n) is 9.66. The third kappa shape index (κ3) is 4.59. The fraction of sp³-hybridized carbons (Fsp3) is 0.600. The Balaban J connectivity index is 2.49. The van der Waals surface area contributed by atoms with Crippen molar-refractivity contribution in [3.8, 4) is 0 Å². The van der Waals surface area contributed by atoms with Crippen molar-refractivity contribution < 1.29 is 5.11 Å². The standard InChI is InChI=1S/C10H18N4OS/c1-3-11-10(12-4-5-15)14-7-9-13-6-8(2)16-9/h6,15H,3-5,7H2,1-2H3,(H2,11,12,14). The molecule has 0 aliphatic carbocycles. The normalized spacial score (nSPS) is 11.6. The van der Waals surface area contributed by atoms with Gasteiger partial charge >= 0.3 is 0 Å². The van der Waals surface area contributed by atoms with Gasteiger partial charge in [0.1, 0.15) is 5.01 Å². The summed E-state index contributed by atoms with van der Waals surface area (Å²) in [6.07, 6.45) is 1.85. The summed E-state index contributed by atoms with van der Waals surface area (Å²) in [5.41, 5.74) is 0. The van der Waals surface area contributed by atoms with E-state index in [4.69, 9.17) is 5.11 Å². The zero-order valence-corrected chi connectivity index (χ0v) is 10.5. The molecule has 1 aromatic heterocycles. The number of aromatic nitrogens is 1. The molecule has 0 atom stereocenters. The molecule has 1 rings (SSSR count). The van der Waals surface area contributed by atoms with Crippen LogP contribution in [0.1, 0.15) is 16.8 Å². The van der Waals surface area contributed by atoms with E-state index in [1.54, 1.807) is 11.3 Å². The van der Waals surface area contributed by atoms with Gasteiger partial charge in [0, 0.05) is 24.2 Å². The molecule has 0 bridgehead atoms. The molecule has 0 amide bonds. The minimum absolute atomic E-state index is 0.0980. The number of aliphatic imine (C=N–C) groups is 1. The van der Waals surface area contributed by atoms with Gasteiger partial charge in [0.2, 0.25) is 0 Å². The number of hydrogen-bond donors (Lipinski definition) is 3.